The number of hydrogen-bond donors (Lipinski definition) is 2. The highest BCUT2D eigenvalue weighted by Crippen LogP contribution is 2.16. The Morgan fingerprint density at radius 3 is 2.59 bits per heavy atom. The number of ether oxygens (including phenoxy) is 1. The fraction of sp³-hybridized carbons (Fsp3) is 0.733. The number of nitrogen functional groups attached to an aromatic ring is 1. The van der Waals surface area contributed by atoms with Crippen LogP contribution in [0, 0.1) is 0 Å². The Balaban J connectivity index is 1.75. The van der Waals surface area contributed by atoms with E-state index in [1.165, 1.54) is 0 Å². The lowest BCUT2D eigenvalue weighted by molar-refractivity contribution is 0.0198. The van der Waals surface area contributed by atoms with Crippen molar-refractivity contribution in [2.75, 3.05) is 18.8 Å². The molecule has 1 aromatic rings. The lowest BCUT2D eigenvalue weighted by Crippen LogP contribution is -2.46. The summed E-state index contributed by atoms with van der Waals surface area (Å²) in [5.41, 5.74) is 6.41. The number of aromatic nitrogens is 2. The second kappa shape index (κ2) is 6.56. The third kappa shape index (κ3) is 4.62. The van der Waals surface area contributed by atoms with E-state index in [4.69, 9.17) is 10.5 Å². The van der Waals surface area contributed by atoms with Crippen molar-refractivity contribution in [1.29, 1.82) is 0 Å². The van der Waals surface area contributed by atoms with Crippen molar-refractivity contribution in [3.05, 3.63) is 11.8 Å². The molecule has 0 radical (unpaired) electrons. The maximum Gasteiger partial charge on any atom is 0.410 e. The van der Waals surface area contributed by atoms with Crippen LogP contribution in [0.25, 0.3) is 0 Å². The zero-order chi connectivity index (χ0) is 16.3. The monoisotopic (exact) mass is 309 g/mol. The molecular weight excluding hydrogens is 282 g/mol. The molecule has 124 valence electrons. The Kier molecular flexibility index (Phi) is 4.95. The summed E-state index contributed by atoms with van der Waals surface area (Å²) in [6, 6.07) is 0.387. The molecule has 1 aromatic heterocycles. The third-order valence-electron chi connectivity index (χ3n) is 3.66. The Hall–Kier alpha value is -1.76. The van der Waals surface area contributed by atoms with Crippen molar-refractivity contribution in [1.82, 2.24) is 20.0 Å². The topological polar surface area (TPSA) is 85.4 Å². The van der Waals surface area contributed by atoms with Crippen molar-refractivity contribution in [3.63, 3.8) is 0 Å². The minimum atomic E-state index is -0.440. The largest absolute Gasteiger partial charge is 0.444 e. The van der Waals surface area contributed by atoms with E-state index in [2.05, 4.69) is 10.4 Å². The molecule has 0 spiro atoms. The first-order valence-electron chi connectivity index (χ1n) is 7.74. The summed E-state index contributed by atoms with van der Waals surface area (Å²) in [6.07, 6.45) is 3.54. The molecule has 3 N–H and O–H groups in total. The molecule has 0 aromatic carbocycles. The summed E-state index contributed by atoms with van der Waals surface area (Å²) >= 11 is 0. The summed E-state index contributed by atoms with van der Waals surface area (Å²) in [5, 5.41) is 7.62. The molecule has 1 saturated heterocycles. The van der Waals surface area contributed by atoms with Crippen LogP contribution < -0.4 is 11.1 Å². The number of nitrogens with zero attached hydrogens (tertiary/aromatic N) is 3. The maximum atomic E-state index is 12.0. The number of nitrogens with two attached hydrogens (primary N) is 1. The number of nitrogens with one attached hydrogen (secondary N) is 1. The summed E-state index contributed by atoms with van der Waals surface area (Å²) in [7, 11) is 1.86. The Morgan fingerprint density at radius 2 is 2.09 bits per heavy atom. The molecule has 0 unspecified atom stereocenters. The normalized spacial score (nSPS) is 16.8. The van der Waals surface area contributed by atoms with Crippen LogP contribution in [0.5, 0.6) is 0 Å². The number of carbonyl (C=O) groups is 1. The highest BCUT2D eigenvalue weighted by atomic mass is 16.6. The van der Waals surface area contributed by atoms with Crippen molar-refractivity contribution < 1.29 is 9.53 Å². The average Bonchev–Trinajstić information content (AvgIpc) is 2.73. The summed E-state index contributed by atoms with van der Waals surface area (Å²) in [5.74, 6) is 0.571. The molecule has 1 fully saturated rings. The van der Waals surface area contributed by atoms with Crippen LogP contribution in [0.1, 0.15) is 39.2 Å². The fourth-order valence-electron chi connectivity index (χ4n) is 2.54. The van der Waals surface area contributed by atoms with Gasteiger partial charge in [0.05, 0.1) is 0 Å². The van der Waals surface area contributed by atoms with E-state index in [0.717, 1.165) is 31.5 Å². The van der Waals surface area contributed by atoms with Gasteiger partial charge in [-0.05, 0) is 33.6 Å². The standard InChI is InChI=1S/C15H27N5O2/c1-15(2,3)22-14(21)20-7-5-12(6-8-20)17-9-11-10-19(4)18-13(11)16/h10,12,17H,5-9H2,1-4H3,(H2,16,18). The number of rotatable bonds is 3. The molecule has 7 nitrogen and oxygen atoms in total. The lowest BCUT2D eigenvalue weighted by Gasteiger charge is -2.33. The predicted octanol–water partition coefficient (Wildman–Crippen LogP) is 1.49. The number of carbonyl (C=O) groups excluding carboxylic acids is 1. The van der Waals surface area contributed by atoms with E-state index in [1.807, 2.05) is 34.0 Å². The van der Waals surface area contributed by atoms with Gasteiger partial charge in [-0.25, -0.2) is 4.79 Å². The van der Waals surface area contributed by atoms with Crippen molar-refractivity contribution in [2.24, 2.45) is 7.05 Å². The second-order valence-electron chi connectivity index (χ2n) is 6.84. The van der Waals surface area contributed by atoms with Crippen LogP contribution >= 0.6 is 0 Å². The van der Waals surface area contributed by atoms with Crippen LogP contribution in [0.3, 0.4) is 0 Å². The lowest BCUT2D eigenvalue weighted by atomic mass is 10.1. The van der Waals surface area contributed by atoms with Crippen LogP contribution in [-0.2, 0) is 18.3 Å². The van der Waals surface area contributed by atoms with E-state index in [-0.39, 0.29) is 6.09 Å². The molecular formula is C15H27N5O2. The molecule has 0 bridgehead atoms. The van der Waals surface area contributed by atoms with Gasteiger partial charge in [0, 0.05) is 44.5 Å². The van der Waals surface area contributed by atoms with Gasteiger partial charge in [0.1, 0.15) is 11.4 Å². The van der Waals surface area contributed by atoms with Gasteiger partial charge in [-0.1, -0.05) is 0 Å². The highest BCUT2D eigenvalue weighted by molar-refractivity contribution is 5.68. The third-order valence-corrected chi connectivity index (χ3v) is 3.66. The first-order chi connectivity index (χ1) is 10.2. The van der Waals surface area contributed by atoms with E-state index in [9.17, 15) is 4.79 Å². The van der Waals surface area contributed by atoms with Crippen molar-refractivity contribution in [2.45, 2.75) is 51.8 Å². The number of likely N-dealkylation sites (tertiary alicyclic amines) is 1. The number of piperidine rings is 1. The average molecular weight is 309 g/mol. The minimum Gasteiger partial charge on any atom is -0.444 e. The predicted molar refractivity (Wildman–Crippen MR) is 85.3 cm³/mol. The maximum absolute atomic E-state index is 12.0. The Bertz CT molecular complexity index is 512. The van der Waals surface area contributed by atoms with Gasteiger partial charge in [-0.2, -0.15) is 5.10 Å². The molecule has 0 atom stereocenters. The molecule has 7 heteroatoms. The summed E-state index contributed by atoms with van der Waals surface area (Å²) < 4.78 is 7.12. The molecule has 1 aliphatic rings. The van der Waals surface area contributed by atoms with E-state index >= 15 is 0 Å². The molecule has 2 rings (SSSR count). The number of hydrogen-bond acceptors (Lipinski definition) is 5. The van der Waals surface area contributed by atoms with Gasteiger partial charge in [-0.15, -0.1) is 0 Å². The summed E-state index contributed by atoms with van der Waals surface area (Å²) in [6.45, 7) is 7.80. The van der Waals surface area contributed by atoms with Crippen molar-refractivity contribution in [3.8, 4) is 0 Å². The smallest absolute Gasteiger partial charge is 0.410 e. The highest BCUT2D eigenvalue weighted by Gasteiger charge is 2.26. The van der Waals surface area contributed by atoms with Gasteiger partial charge in [0.2, 0.25) is 0 Å². The van der Waals surface area contributed by atoms with Gasteiger partial charge in [-0.3, -0.25) is 4.68 Å². The minimum absolute atomic E-state index is 0.220. The van der Waals surface area contributed by atoms with Crippen LogP contribution in [0.4, 0.5) is 10.6 Å². The van der Waals surface area contributed by atoms with Crippen molar-refractivity contribution >= 4 is 11.9 Å². The zero-order valence-corrected chi connectivity index (χ0v) is 13.9. The van der Waals surface area contributed by atoms with Gasteiger partial charge < -0.3 is 20.7 Å². The number of amides is 1. The van der Waals surface area contributed by atoms with Crippen LogP contribution in [0.15, 0.2) is 6.20 Å². The molecule has 2 heterocycles. The quantitative estimate of drug-likeness (QED) is 0.883. The first kappa shape index (κ1) is 16.6. The number of aryl methyl sites for hydroxylation is 1. The number of anilines is 1. The molecule has 1 aliphatic heterocycles. The molecule has 1 amide bonds. The van der Waals surface area contributed by atoms with Gasteiger partial charge in [0.15, 0.2) is 0 Å². The van der Waals surface area contributed by atoms with Gasteiger partial charge in [0.25, 0.3) is 0 Å². The van der Waals surface area contributed by atoms with E-state index in [0.29, 0.717) is 18.4 Å². The second-order valence-corrected chi connectivity index (χ2v) is 6.84. The Morgan fingerprint density at radius 1 is 1.45 bits per heavy atom. The van der Waals surface area contributed by atoms with Crippen LogP contribution in [0.2, 0.25) is 0 Å². The van der Waals surface area contributed by atoms with E-state index in [1.54, 1.807) is 9.58 Å². The zero-order valence-electron chi connectivity index (χ0n) is 13.9. The van der Waals surface area contributed by atoms with E-state index < -0.39 is 5.60 Å². The molecule has 0 aliphatic carbocycles. The summed E-state index contributed by atoms with van der Waals surface area (Å²) in [4.78, 5) is 13.8. The molecule has 22 heavy (non-hydrogen) atoms. The SMILES string of the molecule is Cn1cc(CNC2CCN(C(=O)OC(C)(C)C)CC2)c(N)n1. The fourth-order valence-corrected chi connectivity index (χ4v) is 2.54. The molecule has 0 saturated carbocycles. The first-order valence-corrected chi connectivity index (χ1v) is 7.74. The Labute approximate surface area is 131 Å². The van der Waals surface area contributed by atoms with Gasteiger partial charge >= 0.3 is 6.09 Å². The van der Waals surface area contributed by atoms with Crippen LogP contribution in [-0.4, -0.2) is 45.5 Å².